The van der Waals surface area contributed by atoms with Gasteiger partial charge < -0.3 is 5.32 Å². The molecular formula is C16H29N3. The summed E-state index contributed by atoms with van der Waals surface area (Å²) in [7, 11) is 2.11. The van der Waals surface area contributed by atoms with E-state index in [9.17, 15) is 0 Å². The molecule has 2 rings (SSSR count). The molecule has 0 amide bonds. The van der Waals surface area contributed by atoms with Gasteiger partial charge in [-0.3, -0.25) is 4.68 Å². The van der Waals surface area contributed by atoms with Crippen molar-refractivity contribution in [1.29, 1.82) is 0 Å². The van der Waals surface area contributed by atoms with E-state index in [0.717, 1.165) is 18.8 Å². The predicted molar refractivity (Wildman–Crippen MR) is 80.4 cm³/mol. The van der Waals surface area contributed by atoms with Gasteiger partial charge >= 0.3 is 0 Å². The molecule has 3 nitrogen and oxygen atoms in total. The summed E-state index contributed by atoms with van der Waals surface area (Å²) < 4.78 is 2.11. The molecule has 1 saturated carbocycles. The van der Waals surface area contributed by atoms with Gasteiger partial charge in [0, 0.05) is 18.3 Å². The summed E-state index contributed by atoms with van der Waals surface area (Å²) >= 11 is 0. The second-order valence-electron chi connectivity index (χ2n) is 6.02. The Morgan fingerprint density at radius 3 is 2.79 bits per heavy atom. The first kappa shape index (κ1) is 14.6. The van der Waals surface area contributed by atoms with Crippen LogP contribution in [0.4, 0.5) is 0 Å². The van der Waals surface area contributed by atoms with Crippen LogP contribution in [0.5, 0.6) is 0 Å². The lowest BCUT2D eigenvalue weighted by atomic mass is 9.94. The Morgan fingerprint density at radius 1 is 1.42 bits per heavy atom. The molecule has 0 aliphatic heterocycles. The van der Waals surface area contributed by atoms with Gasteiger partial charge in [-0.15, -0.1) is 0 Å². The number of hydrogen-bond acceptors (Lipinski definition) is 2. The molecule has 2 unspecified atom stereocenters. The molecule has 1 aromatic heterocycles. The lowest BCUT2D eigenvalue weighted by molar-refractivity contribution is 0.358. The van der Waals surface area contributed by atoms with E-state index in [0.29, 0.717) is 12.1 Å². The van der Waals surface area contributed by atoms with Crippen LogP contribution in [0.15, 0.2) is 12.3 Å². The minimum Gasteiger partial charge on any atom is -0.317 e. The zero-order valence-electron chi connectivity index (χ0n) is 12.7. The highest BCUT2D eigenvalue weighted by Crippen LogP contribution is 2.29. The second-order valence-corrected chi connectivity index (χ2v) is 6.02. The number of rotatable bonds is 7. The molecule has 1 aliphatic rings. The van der Waals surface area contributed by atoms with Crippen molar-refractivity contribution in [2.75, 3.05) is 7.05 Å². The predicted octanol–water partition coefficient (Wildman–Crippen LogP) is 3.56. The smallest absolute Gasteiger partial charge is 0.0625 e. The Bertz CT molecular complexity index is 366. The fourth-order valence-corrected chi connectivity index (χ4v) is 3.22. The van der Waals surface area contributed by atoms with Crippen LogP contribution in [-0.2, 0) is 6.42 Å². The van der Waals surface area contributed by atoms with Crippen molar-refractivity contribution >= 4 is 0 Å². The van der Waals surface area contributed by atoms with Gasteiger partial charge in [0.25, 0.3) is 0 Å². The molecule has 1 heterocycles. The summed E-state index contributed by atoms with van der Waals surface area (Å²) in [5.74, 6) is 0.890. The van der Waals surface area contributed by atoms with Crippen LogP contribution in [0.25, 0.3) is 0 Å². The zero-order chi connectivity index (χ0) is 13.7. The first-order valence-corrected chi connectivity index (χ1v) is 7.96. The van der Waals surface area contributed by atoms with Crippen LogP contribution in [0.2, 0.25) is 0 Å². The van der Waals surface area contributed by atoms with Gasteiger partial charge in [0.05, 0.1) is 5.69 Å². The molecular weight excluding hydrogens is 234 g/mol. The van der Waals surface area contributed by atoms with Gasteiger partial charge in [0.15, 0.2) is 0 Å². The van der Waals surface area contributed by atoms with Crippen LogP contribution in [0, 0.1) is 5.92 Å². The zero-order valence-corrected chi connectivity index (χ0v) is 12.7. The van der Waals surface area contributed by atoms with Gasteiger partial charge in [-0.05, 0) is 58.1 Å². The van der Waals surface area contributed by atoms with Crippen molar-refractivity contribution in [3.8, 4) is 0 Å². The Labute approximate surface area is 117 Å². The minimum absolute atomic E-state index is 0.517. The Kier molecular flexibility index (Phi) is 5.44. The standard InChI is InChI=1S/C16H29N3/c1-4-13(2)19-12-11-15(18-19)9-10-16(17-3)14-7-5-6-8-14/h11-14,16-17H,4-10H2,1-3H3. The first-order chi connectivity index (χ1) is 9.24. The molecule has 1 fully saturated rings. The summed E-state index contributed by atoms with van der Waals surface area (Å²) in [6, 6.07) is 3.38. The first-order valence-electron chi connectivity index (χ1n) is 7.96. The number of aromatic nitrogens is 2. The molecule has 0 saturated heterocycles. The highest BCUT2D eigenvalue weighted by Gasteiger charge is 2.23. The SMILES string of the molecule is CCC(C)n1ccc(CCC(NC)C2CCCC2)n1. The molecule has 3 heteroatoms. The third kappa shape index (κ3) is 3.82. The van der Waals surface area contributed by atoms with Crippen molar-refractivity contribution in [2.24, 2.45) is 5.92 Å². The fraction of sp³-hybridized carbons (Fsp3) is 0.812. The van der Waals surface area contributed by atoms with Gasteiger partial charge in [0.1, 0.15) is 0 Å². The van der Waals surface area contributed by atoms with Gasteiger partial charge in [0.2, 0.25) is 0 Å². The van der Waals surface area contributed by atoms with Crippen molar-refractivity contribution in [3.63, 3.8) is 0 Å². The number of aryl methyl sites for hydroxylation is 1. The van der Waals surface area contributed by atoms with Gasteiger partial charge in [-0.2, -0.15) is 5.10 Å². The minimum atomic E-state index is 0.517. The van der Waals surface area contributed by atoms with Crippen LogP contribution in [0.1, 0.15) is 64.1 Å². The maximum absolute atomic E-state index is 4.70. The van der Waals surface area contributed by atoms with E-state index in [1.54, 1.807) is 0 Å². The van der Waals surface area contributed by atoms with E-state index >= 15 is 0 Å². The van der Waals surface area contributed by atoms with Crippen molar-refractivity contribution in [1.82, 2.24) is 15.1 Å². The van der Waals surface area contributed by atoms with Gasteiger partial charge in [-0.1, -0.05) is 19.8 Å². The van der Waals surface area contributed by atoms with Crippen LogP contribution < -0.4 is 5.32 Å². The third-order valence-electron chi connectivity index (χ3n) is 4.76. The molecule has 1 aliphatic carbocycles. The molecule has 2 atom stereocenters. The quantitative estimate of drug-likeness (QED) is 0.815. The van der Waals surface area contributed by atoms with Crippen molar-refractivity contribution in [2.45, 2.75) is 70.9 Å². The molecule has 0 aromatic carbocycles. The molecule has 1 N–H and O–H groups in total. The highest BCUT2D eigenvalue weighted by atomic mass is 15.3. The topological polar surface area (TPSA) is 29.9 Å². The summed E-state index contributed by atoms with van der Waals surface area (Å²) in [6.45, 7) is 4.44. The lowest BCUT2D eigenvalue weighted by Gasteiger charge is -2.22. The highest BCUT2D eigenvalue weighted by molar-refractivity contribution is 5.00. The normalized spacial score (nSPS) is 19.7. The monoisotopic (exact) mass is 263 g/mol. The molecule has 108 valence electrons. The summed E-state index contributed by atoms with van der Waals surface area (Å²) in [4.78, 5) is 0. The average molecular weight is 263 g/mol. The molecule has 1 aromatic rings. The van der Waals surface area contributed by atoms with E-state index in [4.69, 9.17) is 5.10 Å². The molecule has 19 heavy (non-hydrogen) atoms. The van der Waals surface area contributed by atoms with E-state index in [2.05, 4.69) is 43.2 Å². The number of hydrogen-bond donors (Lipinski definition) is 1. The molecule has 0 bridgehead atoms. The Hall–Kier alpha value is -0.830. The maximum Gasteiger partial charge on any atom is 0.0625 e. The van der Waals surface area contributed by atoms with Crippen molar-refractivity contribution < 1.29 is 0 Å². The summed E-state index contributed by atoms with van der Waals surface area (Å²) in [5.41, 5.74) is 1.25. The Morgan fingerprint density at radius 2 is 2.16 bits per heavy atom. The van der Waals surface area contributed by atoms with Crippen molar-refractivity contribution in [3.05, 3.63) is 18.0 Å². The lowest BCUT2D eigenvalue weighted by Crippen LogP contribution is -2.32. The van der Waals surface area contributed by atoms with Crippen LogP contribution >= 0.6 is 0 Å². The summed E-state index contributed by atoms with van der Waals surface area (Å²) in [5, 5.41) is 8.22. The molecule has 0 radical (unpaired) electrons. The maximum atomic E-state index is 4.70. The molecule has 0 spiro atoms. The average Bonchev–Trinajstić information content (AvgIpc) is 3.09. The number of nitrogens with zero attached hydrogens (tertiary/aromatic N) is 2. The Balaban J connectivity index is 1.84. The van der Waals surface area contributed by atoms with E-state index < -0.39 is 0 Å². The largest absolute Gasteiger partial charge is 0.317 e. The number of nitrogens with one attached hydrogen (secondary N) is 1. The van der Waals surface area contributed by atoms with Crippen LogP contribution in [-0.4, -0.2) is 22.9 Å². The van der Waals surface area contributed by atoms with Crippen LogP contribution in [0.3, 0.4) is 0 Å². The second kappa shape index (κ2) is 7.09. The fourth-order valence-electron chi connectivity index (χ4n) is 3.22. The summed E-state index contributed by atoms with van der Waals surface area (Å²) in [6.07, 6.45) is 11.3. The van der Waals surface area contributed by atoms with E-state index in [1.165, 1.54) is 37.8 Å². The van der Waals surface area contributed by atoms with Gasteiger partial charge in [-0.25, -0.2) is 0 Å². The van der Waals surface area contributed by atoms with E-state index in [1.807, 2.05) is 0 Å². The van der Waals surface area contributed by atoms with E-state index in [-0.39, 0.29) is 0 Å². The third-order valence-corrected chi connectivity index (χ3v) is 4.76.